The quantitative estimate of drug-likeness (QED) is 0.836. The average Bonchev–Trinajstić information content (AvgIpc) is 2.37. The van der Waals surface area contributed by atoms with E-state index in [-0.39, 0.29) is 17.5 Å². The molecule has 0 bridgehead atoms. The molecule has 0 aliphatic carbocycles. The highest BCUT2D eigenvalue weighted by Gasteiger charge is 2.16. The van der Waals surface area contributed by atoms with Crippen LogP contribution in [0.3, 0.4) is 0 Å². The Kier molecular flexibility index (Phi) is 3.19. The Morgan fingerprint density at radius 2 is 2.29 bits per heavy atom. The predicted octanol–water partition coefficient (Wildman–Crippen LogP) is 1.36. The molecule has 90 valence electrons. The molecule has 2 aromatic rings. The summed E-state index contributed by atoms with van der Waals surface area (Å²) in [4.78, 5) is 22.9. The van der Waals surface area contributed by atoms with E-state index in [1.54, 1.807) is 18.5 Å². The minimum absolute atomic E-state index is 0.161. The second kappa shape index (κ2) is 4.63. The SMILES string of the molecule is CC[C@H](C)[C@@H](N)c1nc2cnccc2c(=O)[nH]1. The number of nitrogens with zero attached hydrogens (tertiary/aromatic N) is 2. The maximum absolute atomic E-state index is 11.8. The first-order valence-corrected chi connectivity index (χ1v) is 5.73. The van der Waals surface area contributed by atoms with Crippen LogP contribution in [0.25, 0.3) is 10.9 Å². The number of hydrogen-bond donors (Lipinski definition) is 2. The summed E-state index contributed by atoms with van der Waals surface area (Å²) in [6.07, 6.45) is 4.10. The largest absolute Gasteiger partial charge is 0.321 e. The van der Waals surface area contributed by atoms with Crippen LogP contribution in [0.1, 0.15) is 32.1 Å². The normalized spacial score (nSPS) is 14.8. The van der Waals surface area contributed by atoms with Gasteiger partial charge in [0.15, 0.2) is 0 Å². The van der Waals surface area contributed by atoms with Crippen LogP contribution in [0.5, 0.6) is 0 Å². The maximum Gasteiger partial charge on any atom is 0.258 e. The Labute approximate surface area is 99.1 Å². The molecular weight excluding hydrogens is 216 g/mol. The summed E-state index contributed by atoms with van der Waals surface area (Å²) in [5.74, 6) is 0.803. The fraction of sp³-hybridized carbons (Fsp3) is 0.417. The fourth-order valence-electron chi connectivity index (χ4n) is 1.69. The molecule has 0 fully saturated rings. The molecule has 0 aliphatic rings. The average molecular weight is 232 g/mol. The Morgan fingerprint density at radius 3 is 3.00 bits per heavy atom. The van der Waals surface area contributed by atoms with Gasteiger partial charge in [-0.25, -0.2) is 4.98 Å². The molecule has 0 spiro atoms. The number of nitrogens with two attached hydrogens (primary N) is 1. The molecular formula is C12H16N4O. The van der Waals surface area contributed by atoms with Gasteiger partial charge in [0.1, 0.15) is 5.82 Å². The van der Waals surface area contributed by atoms with E-state index in [0.29, 0.717) is 16.7 Å². The van der Waals surface area contributed by atoms with Gasteiger partial charge in [0.05, 0.1) is 23.1 Å². The van der Waals surface area contributed by atoms with Gasteiger partial charge in [-0.2, -0.15) is 0 Å². The first kappa shape index (κ1) is 11.7. The summed E-state index contributed by atoms with van der Waals surface area (Å²) >= 11 is 0. The van der Waals surface area contributed by atoms with E-state index in [1.807, 2.05) is 6.92 Å². The summed E-state index contributed by atoms with van der Waals surface area (Å²) in [6.45, 7) is 4.10. The first-order chi connectivity index (χ1) is 8.13. The van der Waals surface area contributed by atoms with Crippen molar-refractivity contribution in [3.8, 4) is 0 Å². The molecule has 0 aromatic carbocycles. The fourth-order valence-corrected chi connectivity index (χ4v) is 1.69. The summed E-state index contributed by atoms with van der Waals surface area (Å²) in [6, 6.07) is 1.40. The van der Waals surface area contributed by atoms with Gasteiger partial charge in [-0.15, -0.1) is 0 Å². The van der Waals surface area contributed by atoms with Crippen molar-refractivity contribution in [1.29, 1.82) is 0 Å². The van der Waals surface area contributed by atoms with Crippen molar-refractivity contribution >= 4 is 10.9 Å². The van der Waals surface area contributed by atoms with Crippen LogP contribution in [0.4, 0.5) is 0 Å². The van der Waals surface area contributed by atoms with Crippen molar-refractivity contribution in [2.75, 3.05) is 0 Å². The van der Waals surface area contributed by atoms with Gasteiger partial charge in [-0.05, 0) is 12.0 Å². The van der Waals surface area contributed by atoms with Crippen molar-refractivity contribution < 1.29 is 0 Å². The number of nitrogens with one attached hydrogen (secondary N) is 1. The molecule has 0 aliphatic heterocycles. The molecule has 17 heavy (non-hydrogen) atoms. The predicted molar refractivity (Wildman–Crippen MR) is 66.5 cm³/mol. The summed E-state index contributed by atoms with van der Waals surface area (Å²) in [7, 11) is 0. The van der Waals surface area contributed by atoms with Crippen LogP contribution < -0.4 is 11.3 Å². The standard InChI is InChI=1S/C12H16N4O/c1-3-7(2)10(13)11-15-9-6-14-5-4-8(9)12(17)16-11/h4-7,10H,3,13H2,1-2H3,(H,15,16,17)/t7-,10+/m0/s1. The lowest BCUT2D eigenvalue weighted by Gasteiger charge is -2.17. The Bertz CT molecular complexity index is 578. The highest BCUT2D eigenvalue weighted by Crippen LogP contribution is 2.18. The number of H-pyrrole nitrogens is 1. The van der Waals surface area contributed by atoms with Crippen molar-refractivity contribution in [3.05, 3.63) is 34.6 Å². The highest BCUT2D eigenvalue weighted by molar-refractivity contribution is 5.75. The number of aromatic amines is 1. The third-order valence-electron chi connectivity index (χ3n) is 3.10. The topological polar surface area (TPSA) is 84.7 Å². The number of fused-ring (bicyclic) bond motifs is 1. The minimum Gasteiger partial charge on any atom is -0.321 e. The smallest absolute Gasteiger partial charge is 0.258 e. The van der Waals surface area contributed by atoms with E-state index in [4.69, 9.17) is 5.73 Å². The molecule has 3 N–H and O–H groups in total. The Hall–Kier alpha value is -1.75. The summed E-state index contributed by atoms with van der Waals surface area (Å²) in [5, 5.41) is 0.542. The van der Waals surface area contributed by atoms with E-state index in [2.05, 4.69) is 21.9 Å². The van der Waals surface area contributed by atoms with Gasteiger partial charge in [-0.3, -0.25) is 9.78 Å². The van der Waals surface area contributed by atoms with E-state index in [9.17, 15) is 4.79 Å². The van der Waals surface area contributed by atoms with Crippen molar-refractivity contribution in [2.45, 2.75) is 26.3 Å². The van der Waals surface area contributed by atoms with Crippen LogP contribution in [-0.2, 0) is 0 Å². The number of pyridine rings is 1. The minimum atomic E-state index is -0.252. The first-order valence-electron chi connectivity index (χ1n) is 5.73. The molecule has 2 heterocycles. The molecule has 0 saturated heterocycles. The molecule has 0 radical (unpaired) electrons. The third kappa shape index (κ3) is 2.19. The Morgan fingerprint density at radius 1 is 1.53 bits per heavy atom. The van der Waals surface area contributed by atoms with Crippen molar-refractivity contribution in [2.24, 2.45) is 11.7 Å². The molecule has 5 nitrogen and oxygen atoms in total. The number of hydrogen-bond acceptors (Lipinski definition) is 4. The van der Waals surface area contributed by atoms with Crippen LogP contribution in [0.2, 0.25) is 0 Å². The van der Waals surface area contributed by atoms with Gasteiger partial charge >= 0.3 is 0 Å². The lowest BCUT2D eigenvalue weighted by atomic mass is 9.99. The number of aromatic nitrogens is 3. The zero-order chi connectivity index (χ0) is 12.4. The molecule has 5 heteroatoms. The molecule has 0 unspecified atom stereocenters. The lowest BCUT2D eigenvalue weighted by Crippen LogP contribution is -2.24. The van der Waals surface area contributed by atoms with Crippen molar-refractivity contribution in [3.63, 3.8) is 0 Å². The second-order valence-electron chi connectivity index (χ2n) is 4.26. The molecule has 0 amide bonds. The van der Waals surface area contributed by atoms with E-state index in [0.717, 1.165) is 6.42 Å². The monoisotopic (exact) mass is 232 g/mol. The molecule has 2 rings (SSSR count). The van der Waals surface area contributed by atoms with Gasteiger partial charge in [0.25, 0.3) is 5.56 Å². The highest BCUT2D eigenvalue weighted by atomic mass is 16.1. The lowest BCUT2D eigenvalue weighted by molar-refractivity contribution is 0.439. The second-order valence-corrected chi connectivity index (χ2v) is 4.26. The molecule has 2 atom stereocenters. The summed E-state index contributed by atoms with van der Waals surface area (Å²) in [5.41, 5.74) is 6.48. The zero-order valence-corrected chi connectivity index (χ0v) is 9.97. The van der Waals surface area contributed by atoms with E-state index in [1.165, 1.54) is 0 Å². The molecule has 0 saturated carbocycles. The van der Waals surface area contributed by atoms with Gasteiger partial charge in [-0.1, -0.05) is 20.3 Å². The third-order valence-corrected chi connectivity index (χ3v) is 3.10. The van der Waals surface area contributed by atoms with E-state index < -0.39 is 0 Å². The van der Waals surface area contributed by atoms with Gasteiger partial charge < -0.3 is 10.7 Å². The van der Waals surface area contributed by atoms with Crippen LogP contribution >= 0.6 is 0 Å². The number of rotatable bonds is 3. The van der Waals surface area contributed by atoms with Crippen LogP contribution in [0.15, 0.2) is 23.3 Å². The maximum atomic E-state index is 11.8. The Balaban J connectivity index is 2.54. The van der Waals surface area contributed by atoms with Gasteiger partial charge in [0.2, 0.25) is 0 Å². The molecule has 2 aromatic heterocycles. The van der Waals surface area contributed by atoms with Crippen molar-refractivity contribution in [1.82, 2.24) is 15.0 Å². The van der Waals surface area contributed by atoms with E-state index >= 15 is 0 Å². The van der Waals surface area contributed by atoms with Gasteiger partial charge in [0, 0.05) is 6.20 Å². The van der Waals surface area contributed by atoms with Crippen LogP contribution in [-0.4, -0.2) is 15.0 Å². The summed E-state index contributed by atoms with van der Waals surface area (Å²) < 4.78 is 0. The zero-order valence-electron chi connectivity index (χ0n) is 9.97. The van der Waals surface area contributed by atoms with Crippen LogP contribution in [0, 0.1) is 5.92 Å².